The maximum atomic E-state index is 14.0. The Bertz CT molecular complexity index is 961. The molecule has 150 valence electrons. The third-order valence-electron chi connectivity index (χ3n) is 4.05. The molecule has 0 amide bonds. The van der Waals surface area contributed by atoms with E-state index in [0.29, 0.717) is 0 Å². The Hall–Kier alpha value is -1.77. The van der Waals surface area contributed by atoms with E-state index in [1.807, 2.05) is 0 Å². The molecule has 0 spiro atoms. The van der Waals surface area contributed by atoms with Crippen molar-refractivity contribution in [3.63, 3.8) is 0 Å². The van der Waals surface area contributed by atoms with Gasteiger partial charge in [-0.05, 0) is 18.3 Å². The quantitative estimate of drug-likeness (QED) is 0.360. The lowest BCUT2D eigenvalue weighted by Gasteiger charge is -2.10. The van der Waals surface area contributed by atoms with Crippen molar-refractivity contribution >= 4 is 17.6 Å². The van der Waals surface area contributed by atoms with Gasteiger partial charge >= 0.3 is 12.1 Å². The number of carbonyl (C=O) groups excluding carboxylic acids is 1. The van der Waals surface area contributed by atoms with Gasteiger partial charge in [-0.2, -0.15) is 13.2 Å². The van der Waals surface area contributed by atoms with Crippen molar-refractivity contribution in [2.75, 3.05) is 0 Å². The standard InChI is InChI=1S/C17H14ClF7O2/c1-6-11(19)13(21)7(14(22)12(6)20)5-27-15(26)10-8(16(10,2)3)4-9(18)17(23,24)25/h4,8,10H,5H2,1-3H3/b9-4-/t8-,10-/m1/s1/i2D3,3D3. The number of hydrogen-bond acceptors (Lipinski definition) is 2. The van der Waals surface area contributed by atoms with Gasteiger partial charge in [0.15, 0.2) is 23.3 Å². The number of hydrogen-bond donors (Lipinski definition) is 0. The van der Waals surface area contributed by atoms with Gasteiger partial charge in [0.05, 0.1) is 11.5 Å². The molecule has 0 heterocycles. The van der Waals surface area contributed by atoms with Gasteiger partial charge < -0.3 is 4.74 Å². The minimum Gasteiger partial charge on any atom is -0.460 e. The van der Waals surface area contributed by atoms with Crippen LogP contribution in [0.15, 0.2) is 11.1 Å². The molecule has 1 aromatic rings. The second kappa shape index (κ2) is 7.00. The molecular weight excluding hydrogens is 405 g/mol. The smallest absolute Gasteiger partial charge is 0.426 e. The van der Waals surface area contributed by atoms with Gasteiger partial charge in [-0.3, -0.25) is 4.79 Å². The summed E-state index contributed by atoms with van der Waals surface area (Å²) in [5.74, 6) is -13.6. The fourth-order valence-corrected chi connectivity index (χ4v) is 2.51. The van der Waals surface area contributed by atoms with E-state index in [-0.39, 0.29) is 6.08 Å². The van der Waals surface area contributed by atoms with Crippen LogP contribution in [0.5, 0.6) is 0 Å². The van der Waals surface area contributed by atoms with Crippen molar-refractivity contribution in [2.45, 2.75) is 33.4 Å². The van der Waals surface area contributed by atoms with Crippen LogP contribution in [0.1, 0.15) is 33.1 Å². The van der Waals surface area contributed by atoms with Crippen LogP contribution in [-0.2, 0) is 16.1 Å². The minimum absolute atomic E-state index is 0.0403. The van der Waals surface area contributed by atoms with E-state index in [4.69, 9.17) is 19.8 Å². The van der Waals surface area contributed by atoms with Crippen LogP contribution in [0.4, 0.5) is 30.7 Å². The topological polar surface area (TPSA) is 26.3 Å². The van der Waals surface area contributed by atoms with Crippen LogP contribution in [0.3, 0.4) is 0 Å². The number of carbonyl (C=O) groups is 1. The summed E-state index contributed by atoms with van der Waals surface area (Å²) in [6, 6.07) is 0. The zero-order valence-corrected chi connectivity index (χ0v) is 14.0. The normalized spacial score (nSPS) is 26.2. The number of esters is 1. The Morgan fingerprint density at radius 2 is 1.70 bits per heavy atom. The number of rotatable bonds is 4. The molecule has 1 aliphatic rings. The number of allylic oxidation sites excluding steroid dienone is 2. The maximum absolute atomic E-state index is 14.0. The zero-order valence-electron chi connectivity index (χ0n) is 19.3. The lowest BCUT2D eigenvalue weighted by Crippen LogP contribution is -2.14. The van der Waals surface area contributed by atoms with Crippen molar-refractivity contribution in [3.8, 4) is 0 Å². The number of ether oxygens (including phenoxy) is 1. The highest BCUT2D eigenvalue weighted by molar-refractivity contribution is 6.30. The highest BCUT2D eigenvalue weighted by Crippen LogP contribution is 2.60. The summed E-state index contributed by atoms with van der Waals surface area (Å²) < 4.78 is 144. The average Bonchev–Trinajstić information content (AvgIpc) is 3.34. The summed E-state index contributed by atoms with van der Waals surface area (Å²) in [7, 11) is 0. The molecule has 0 aromatic heterocycles. The summed E-state index contributed by atoms with van der Waals surface area (Å²) >= 11 is 5.09. The van der Waals surface area contributed by atoms with Gasteiger partial charge in [-0.25, -0.2) is 17.6 Å². The zero-order chi connectivity index (χ0) is 25.9. The van der Waals surface area contributed by atoms with Crippen molar-refractivity contribution in [1.82, 2.24) is 0 Å². The van der Waals surface area contributed by atoms with Crippen LogP contribution >= 0.6 is 11.6 Å². The first-order valence-electron chi connectivity index (χ1n) is 10.1. The minimum atomic E-state index is -5.20. The van der Waals surface area contributed by atoms with Crippen molar-refractivity contribution < 1.29 is 48.5 Å². The molecule has 0 N–H and O–H groups in total. The van der Waals surface area contributed by atoms with E-state index >= 15 is 0 Å². The molecule has 1 fully saturated rings. The molecule has 10 heteroatoms. The Labute approximate surface area is 163 Å². The number of alkyl halides is 3. The third kappa shape index (κ3) is 3.93. The highest BCUT2D eigenvalue weighted by atomic mass is 35.5. The monoisotopic (exact) mass is 424 g/mol. The van der Waals surface area contributed by atoms with E-state index in [0.717, 1.165) is 6.92 Å². The maximum Gasteiger partial charge on any atom is 0.426 e. The fourth-order valence-electron chi connectivity index (χ4n) is 2.37. The summed E-state index contributed by atoms with van der Waals surface area (Å²) in [6.45, 7) is -7.85. The van der Waals surface area contributed by atoms with Gasteiger partial charge in [-0.1, -0.05) is 31.4 Å². The molecule has 0 aliphatic heterocycles. The second-order valence-corrected chi connectivity index (χ2v) is 6.26. The van der Waals surface area contributed by atoms with E-state index in [9.17, 15) is 35.5 Å². The summed E-state index contributed by atoms with van der Waals surface area (Å²) in [6.07, 6.45) is -5.16. The molecule has 0 unspecified atom stereocenters. The van der Waals surface area contributed by atoms with Gasteiger partial charge in [-0.15, -0.1) is 0 Å². The largest absolute Gasteiger partial charge is 0.460 e. The fraction of sp³-hybridized carbons (Fsp3) is 0.471. The van der Waals surface area contributed by atoms with Crippen LogP contribution in [-0.4, -0.2) is 12.1 Å². The van der Waals surface area contributed by atoms with Gasteiger partial charge in [0.1, 0.15) is 11.6 Å². The first-order chi connectivity index (χ1) is 14.7. The van der Waals surface area contributed by atoms with Gasteiger partial charge in [0.25, 0.3) is 0 Å². The Kier molecular flexibility index (Phi) is 3.70. The SMILES string of the molecule is [2H]C([2H])([2H])C1(C([2H])([2H])[2H])[C@H](/C=C(\Cl)C(F)(F)F)[C@@H]1C(=O)OCc1c(F)c(F)c(C)c(F)c1F. The molecule has 0 saturated heterocycles. The summed E-state index contributed by atoms with van der Waals surface area (Å²) in [5, 5.41) is -1.90. The van der Waals surface area contributed by atoms with Crippen molar-refractivity contribution in [3.05, 3.63) is 45.5 Å². The molecule has 27 heavy (non-hydrogen) atoms. The van der Waals surface area contributed by atoms with Crippen LogP contribution < -0.4 is 0 Å². The number of halogens is 8. The molecule has 1 aliphatic carbocycles. The van der Waals surface area contributed by atoms with E-state index in [2.05, 4.69) is 4.74 Å². The Balaban J connectivity index is 2.48. The van der Waals surface area contributed by atoms with Crippen LogP contribution in [0, 0.1) is 47.4 Å². The van der Waals surface area contributed by atoms with Crippen LogP contribution in [0.25, 0.3) is 0 Å². The third-order valence-corrected chi connectivity index (χ3v) is 4.39. The molecule has 1 saturated carbocycles. The van der Waals surface area contributed by atoms with Gasteiger partial charge in [0, 0.05) is 13.8 Å². The Morgan fingerprint density at radius 3 is 2.15 bits per heavy atom. The molecule has 0 bridgehead atoms. The second-order valence-electron chi connectivity index (χ2n) is 5.85. The molecule has 0 radical (unpaired) electrons. The lowest BCUT2D eigenvalue weighted by molar-refractivity contribution is -0.147. The Morgan fingerprint density at radius 1 is 1.19 bits per heavy atom. The van der Waals surface area contributed by atoms with E-state index < -0.39 is 89.1 Å². The van der Waals surface area contributed by atoms with Crippen LogP contribution in [0.2, 0.25) is 0 Å². The van der Waals surface area contributed by atoms with Crippen molar-refractivity contribution in [2.24, 2.45) is 17.3 Å². The summed E-state index contributed by atoms with van der Waals surface area (Å²) in [5.41, 5.74) is -5.49. The average molecular weight is 425 g/mol. The predicted molar refractivity (Wildman–Crippen MR) is 81.6 cm³/mol. The lowest BCUT2D eigenvalue weighted by atomic mass is 10.1. The van der Waals surface area contributed by atoms with E-state index in [1.165, 1.54) is 0 Å². The number of benzene rings is 1. The molecule has 2 nitrogen and oxygen atoms in total. The van der Waals surface area contributed by atoms with Gasteiger partial charge in [0.2, 0.25) is 0 Å². The molecule has 2 atom stereocenters. The predicted octanol–water partition coefficient (Wildman–Crippen LogP) is 5.55. The molecule has 2 rings (SSSR count). The first kappa shape index (κ1) is 14.3. The first-order valence-corrected chi connectivity index (χ1v) is 7.51. The highest BCUT2D eigenvalue weighted by Gasteiger charge is 2.62. The molecule has 1 aromatic carbocycles. The van der Waals surface area contributed by atoms with Crippen molar-refractivity contribution in [1.29, 1.82) is 0 Å². The molecular formula is C17H14ClF7O2. The summed E-state index contributed by atoms with van der Waals surface area (Å²) in [4.78, 5) is 12.5. The van der Waals surface area contributed by atoms with E-state index in [1.54, 1.807) is 0 Å².